The number of morpholine rings is 1. The molecular formula is C13H28N2O. The summed E-state index contributed by atoms with van der Waals surface area (Å²) in [5, 5.41) is 0. The number of ether oxygens (including phenoxy) is 1. The molecule has 1 saturated heterocycles. The van der Waals surface area contributed by atoms with Gasteiger partial charge in [0.25, 0.3) is 0 Å². The number of nitrogens with two attached hydrogens (primary N) is 1. The molecule has 0 aromatic heterocycles. The Hall–Kier alpha value is -0.120. The van der Waals surface area contributed by atoms with Crippen molar-refractivity contribution in [2.24, 2.45) is 11.1 Å². The molecule has 0 spiro atoms. The van der Waals surface area contributed by atoms with Gasteiger partial charge >= 0.3 is 0 Å². The van der Waals surface area contributed by atoms with Crippen LogP contribution in [-0.2, 0) is 4.74 Å². The number of hydrogen-bond donors (Lipinski definition) is 1. The maximum atomic E-state index is 6.15. The van der Waals surface area contributed by atoms with Crippen molar-refractivity contribution in [3.63, 3.8) is 0 Å². The van der Waals surface area contributed by atoms with Crippen LogP contribution in [0.4, 0.5) is 0 Å². The van der Waals surface area contributed by atoms with E-state index in [1.807, 2.05) is 0 Å². The molecule has 2 N–H and O–H groups in total. The van der Waals surface area contributed by atoms with Crippen LogP contribution in [0, 0.1) is 5.41 Å². The molecular weight excluding hydrogens is 200 g/mol. The lowest BCUT2D eigenvalue weighted by Gasteiger charge is -2.32. The average Bonchev–Trinajstić information content (AvgIpc) is 2.12. The molecule has 0 aromatic carbocycles. The molecule has 0 aliphatic carbocycles. The third-order valence-corrected chi connectivity index (χ3v) is 3.02. The van der Waals surface area contributed by atoms with Gasteiger partial charge in [0.2, 0.25) is 0 Å². The van der Waals surface area contributed by atoms with E-state index in [1.165, 1.54) is 0 Å². The van der Waals surface area contributed by atoms with Crippen molar-refractivity contribution in [1.82, 2.24) is 4.90 Å². The topological polar surface area (TPSA) is 38.5 Å². The van der Waals surface area contributed by atoms with Crippen molar-refractivity contribution in [3.05, 3.63) is 0 Å². The molecule has 0 saturated carbocycles. The fourth-order valence-electron chi connectivity index (χ4n) is 2.33. The second-order valence-electron chi connectivity index (χ2n) is 6.30. The lowest BCUT2D eigenvalue weighted by Crippen LogP contribution is -2.43. The zero-order valence-corrected chi connectivity index (χ0v) is 11.3. The molecule has 0 bridgehead atoms. The normalized spacial score (nSPS) is 25.7. The van der Waals surface area contributed by atoms with E-state index in [9.17, 15) is 0 Å². The number of nitrogens with zero attached hydrogens (tertiary/aromatic N) is 1. The summed E-state index contributed by atoms with van der Waals surface area (Å²) in [6.07, 6.45) is 2.59. The molecule has 0 radical (unpaired) electrons. The molecule has 1 heterocycles. The Labute approximate surface area is 100 Å². The van der Waals surface area contributed by atoms with Crippen LogP contribution in [0.1, 0.15) is 40.5 Å². The second kappa shape index (κ2) is 5.99. The maximum absolute atomic E-state index is 6.15. The van der Waals surface area contributed by atoms with Gasteiger partial charge in [-0.2, -0.15) is 0 Å². The number of hydrogen-bond acceptors (Lipinski definition) is 3. The van der Waals surface area contributed by atoms with Gasteiger partial charge in [0.1, 0.15) is 0 Å². The molecule has 16 heavy (non-hydrogen) atoms. The first-order valence-electron chi connectivity index (χ1n) is 6.46. The molecule has 0 aromatic rings. The van der Waals surface area contributed by atoms with Crippen LogP contribution in [-0.4, -0.2) is 43.3 Å². The fraction of sp³-hybridized carbons (Fsp3) is 1.00. The van der Waals surface area contributed by atoms with Crippen LogP contribution >= 0.6 is 0 Å². The van der Waals surface area contributed by atoms with E-state index in [0.29, 0.717) is 17.6 Å². The van der Waals surface area contributed by atoms with Crippen molar-refractivity contribution in [2.45, 2.75) is 52.7 Å². The third kappa shape index (κ3) is 5.83. The van der Waals surface area contributed by atoms with E-state index >= 15 is 0 Å². The standard InChI is InChI=1S/C13H28N2O/c1-11-10-15(7-8-16-11)6-5-12(14)9-13(2,3)4/h11-12H,5-10,14H2,1-4H3. The Balaban J connectivity index is 2.18. The largest absolute Gasteiger partial charge is 0.376 e. The van der Waals surface area contributed by atoms with E-state index in [0.717, 1.165) is 39.1 Å². The third-order valence-electron chi connectivity index (χ3n) is 3.02. The number of rotatable bonds is 4. The van der Waals surface area contributed by atoms with E-state index in [-0.39, 0.29) is 0 Å². The van der Waals surface area contributed by atoms with Crippen molar-refractivity contribution in [3.8, 4) is 0 Å². The Bertz CT molecular complexity index is 201. The van der Waals surface area contributed by atoms with Gasteiger partial charge in [-0.25, -0.2) is 0 Å². The first kappa shape index (κ1) is 13.9. The summed E-state index contributed by atoms with van der Waals surface area (Å²) in [5.74, 6) is 0. The average molecular weight is 228 g/mol. The summed E-state index contributed by atoms with van der Waals surface area (Å²) in [6, 6.07) is 0.332. The Kier molecular flexibility index (Phi) is 5.22. The first-order valence-corrected chi connectivity index (χ1v) is 6.46. The van der Waals surface area contributed by atoms with Gasteiger partial charge in [0.15, 0.2) is 0 Å². The molecule has 1 rings (SSSR count). The SMILES string of the molecule is CC1CN(CCC(N)CC(C)(C)C)CCO1. The molecule has 2 unspecified atom stereocenters. The summed E-state index contributed by atoms with van der Waals surface area (Å²) in [6.45, 7) is 13.0. The maximum Gasteiger partial charge on any atom is 0.0674 e. The monoisotopic (exact) mass is 228 g/mol. The lowest BCUT2D eigenvalue weighted by molar-refractivity contribution is -0.0191. The van der Waals surface area contributed by atoms with Gasteiger partial charge in [-0.15, -0.1) is 0 Å². The van der Waals surface area contributed by atoms with Gasteiger partial charge in [-0.3, -0.25) is 4.90 Å². The Morgan fingerprint density at radius 2 is 2.12 bits per heavy atom. The summed E-state index contributed by atoms with van der Waals surface area (Å²) in [7, 11) is 0. The van der Waals surface area contributed by atoms with E-state index < -0.39 is 0 Å². The minimum Gasteiger partial charge on any atom is -0.376 e. The van der Waals surface area contributed by atoms with Crippen LogP contribution in [0.3, 0.4) is 0 Å². The summed E-state index contributed by atoms with van der Waals surface area (Å²) < 4.78 is 5.52. The Morgan fingerprint density at radius 1 is 1.44 bits per heavy atom. The molecule has 3 nitrogen and oxygen atoms in total. The molecule has 0 amide bonds. The zero-order valence-electron chi connectivity index (χ0n) is 11.3. The van der Waals surface area contributed by atoms with Crippen molar-refractivity contribution in [1.29, 1.82) is 0 Å². The van der Waals surface area contributed by atoms with Gasteiger partial charge in [-0.1, -0.05) is 20.8 Å². The van der Waals surface area contributed by atoms with Crippen LogP contribution in [0.25, 0.3) is 0 Å². The molecule has 3 heteroatoms. The first-order chi connectivity index (χ1) is 7.37. The van der Waals surface area contributed by atoms with Crippen LogP contribution < -0.4 is 5.73 Å². The Morgan fingerprint density at radius 3 is 2.69 bits per heavy atom. The van der Waals surface area contributed by atoms with Crippen molar-refractivity contribution in [2.75, 3.05) is 26.2 Å². The van der Waals surface area contributed by atoms with E-state index in [1.54, 1.807) is 0 Å². The highest BCUT2D eigenvalue weighted by atomic mass is 16.5. The summed E-state index contributed by atoms with van der Waals surface area (Å²) in [4.78, 5) is 2.47. The minimum absolute atomic E-state index is 0.332. The van der Waals surface area contributed by atoms with Crippen molar-refractivity contribution < 1.29 is 4.74 Å². The summed E-state index contributed by atoms with van der Waals surface area (Å²) >= 11 is 0. The van der Waals surface area contributed by atoms with Crippen molar-refractivity contribution >= 4 is 0 Å². The van der Waals surface area contributed by atoms with Crippen LogP contribution in [0.5, 0.6) is 0 Å². The van der Waals surface area contributed by atoms with Gasteiger partial charge in [0.05, 0.1) is 12.7 Å². The molecule has 96 valence electrons. The minimum atomic E-state index is 0.332. The summed E-state index contributed by atoms with van der Waals surface area (Å²) in [5.41, 5.74) is 6.50. The van der Waals surface area contributed by atoms with E-state index in [2.05, 4.69) is 32.6 Å². The van der Waals surface area contributed by atoms with Gasteiger partial charge < -0.3 is 10.5 Å². The molecule has 1 aliphatic heterocycles. The molecule has 1 aliphatic rings. The van der Waals surface area contributed by atoms with E-state index in [4.69, 9.17) is 10.5 Å². The highest BCUT2D eigenvalue weighted by molar-refractivity contribution is 4.74. The molecule has 2 atom stereocenters. The van der Waals surface area contributed by atoms with Gasteiger partial charge in [0, 0.05) is 19.1 Å². The second-order valence-corrected chi connectivity index (χ2v) is 6.30. The zero-order chi connectivity index (χ0) is 12.2. The predicted octanol–water partition coefficient (Wildman–Crippen LogP) is 1.86. The highest BCUT2D eigenvalue weighted by Crippen LogP contribution is 2.21. The van der Waals surface area contributed by atoms with Gasteiger partial charge in [-0.05, 0) is 31.7 Å². The quantitative estimate of drug-likeness (QED) is 0.798. The fourth-order valence-corrected chi connectivity index (χ4v) is 2.33. The highest BCUT2D eigenvalue weighted by Gasteiger charge is 2.19. The van der Waals surface area contributed by atoms with Crippen LogP contribution in [0.2, 0.25) is 0 Å². The molecule has 1 fully saturated rings. The lowest BCUT2D eigenvalue weighted by atomic mass is 9.87. The smallest absolute Gasteiger partial charge is 0.0674 e. The van der Waals surface area contributed by atoms with Crippen LogP contribution in [0.15, 0.2) is 0 Å². The predicted molar refractivity (Wildman–Crippen MR) is 68.5 cm³/mol.